The fraction of sp³-hybridized carbons (Fsp3) is 0.944. The van der Waals surface area contributed by atoms with Gasteiger partial charge in [0.1, 0.15) is 0 Å². The Hall–Kier alpha value is -0.530. The third-order valence-electron chi connectivity index (χ3n) is 3.60. The first-order valence-electron chi connectivity index (χ1n) is 8.68. The van der Waals surface area contributed by atoms with Crippen molar-refractivity contribution < 1.29 is 4.79 Å². The molecule has 0 aromatic heterocycles. The second-order valence-electron chi connectivity index (χ2n) is 7.24. The summed E-state index contributed by atoms with van der Waals surface area (Å²) >= 11 is 0. The summed E-state index contributed by atoms with van der Waals surface area (Å²) in [6.07, 6.45) is 10.6. The number of rotatable bonds is 11. The number of amides is 1. The molecule has 120 valence electrons. The molecule has 0 spiro atoms. The summed E-state index contributed by atoms with van der Waals surface area (Å²) in [6.45, 7) is 12.8. The van der Waals surface area contributed by atoms with Crippen LogP contribution in [0.15, 0.2) is 0 Å². The fourth-order valence-corrected chi connectivity index (χ4v) is 2.39. The van der Waals surface area contributed by atoms with Crippen molar-refractivity contribution in [2.45, 2.75) is 92.4 Å². The molecule has 0 rings (SSSR count). The van der Waals surface area contributed by atoms with Gasteiger partial charge in [0.05, 0.1) is 0 Å². The number of hydrogen-bond donors (Lipinski definition) is 0. The highest BCUT2D eigenvalue weighted by atomic mass is 16.2. The molecule has 0 aromatic carbocycles. The molecule has 0 saturated carbocycles. The van der Waals surface area contributed by atoms with Gasteiger partial charge < -0.3 is 4.90 Å². The average molecular weight is 284 g/mol. The van der Waals surface area contributed by atoms with Gasteiger partial charge in [-0.1, -0.05) is 73.1 Å². The quantitative estimate of drug-likeness (QED) is 0.464. The Bertz CT molecular complexity index is 230. The van der Waals surface area contributed by atoms with Crippen molar-refractivity contribution in [3.8, 4) is 0 Å². The Morgan fingerprint density at radius 2 is 1.25 bits per heavy atom. The van der Waals surface area contributed by atoms with E-state index in [9.17, 15) is 4.79 Å². The highest BCUT2D eigenvalue weighted by Crippen LogP contribution is 2.20. The van der Waals surface area contributed by atoms with Crippen molar-refractivity contribution in [1.29, 1.82) is 0 Å². The summed E-state index contributed by atoms with van der Waals surface area (Å²) < 4.78 is 0. The predicted molar refractivity (Wildman–Crippen MR) is 88.9 cm³/mol. The third kappa shape index (κ3) is 11.3. The highest BCUT2D eigenvalue weighted by molar-refractivity contribution is 5.76. The second kappa shape index (κ2) is 11.2. The van der Waals surface area contributed by atoms with Gasteiger partial charge in [0.2, 0.25) is 5.91 Å². The molecular formula is C18H37NO. The molecule has 0 aliphatic rings. The summed E-state index contributed by atoms with van der Waals surface area (Å²) in [7, 11) is 0. The Balaban J connectivity index is 4.18. The minimum atomic E-state index is 0.0994. The van der Waals surface area contributed by atoms with Crippen molar-refractivity contribution in [3.63, 3.8) is 0 Å². The van der Waals surface area contributed by atoms with Gasteiger partial charge in [-0.2, -0.15) is 0 Å². The smallest absolute Gasteiger partial charge is 0.223 e. The molecule has 0 fully saturated rings. The molecule has 20 heavy (non-hydrogen) atoms. The van der Waals surface area contributed by atoms with E-state index in [1.807, 2.05) is 0 Å². The summed E-state index contributed by atoms with van der Waals surface area (Å²) in [5.74, 6) is 0.352. The minimum Gasteiger partial charge on any atom is -0.343 e. The molecule has 2 heteroatoms. The highest BCUT2D eigenvalue weighted by Gasteiger charge is 2.20. The lowest BCUT2D eigenvalue weighted by Crippen LogP contribution is -2.35. The number of carbonyl (C=O) groups is 1. The normalized spacial score (nSPS) is 11.7. The van der Waals surface area contributed by atoms with E-state index in [2.05, 4.69) is 39.5 Å². The van der Waals surface area contributed by atoms with Crippen LogP contribution in [0.3, 0.4) is 0 Å². The molecule has 2 nitrogen and oxygen atoms in total. The van der Waals surface area contributed by atoms with E-state index in [0.717, 1.165) is 25.9 Å². The maximum absolute atomic E-state index is 12.4. The first-order chi connectivity index (χ1) is 9.40. The number of unbranched alkanes of at least 4 members (excludes halogenated alkanes) is 6. The predicted octanol–water partition coefficient (Wildman–Crippen LogP) is 5.41. The van der Waals surface area contributed by atoms with Crippen LogP contribution in [0.5, 0.6) is 0 Å². The van der Waals surface area contributed by atoms with E-state index in [1.165, 1.54) is 38.5 Å². The van der Waals surface area contributed by atoms with Crippen molar-refractivity contribution in [3.05, 3.63) is 0 Å². The van der Waals surface area contributed by atoms with E-state index < -0.39 is 0 Å². The largest absolute Gasteiger partial charge is 0.343 e. The monoisotopic (exact) mass is 283 g/mol. The van der Waals surface area contributed by atoms with Gasteiger partial charge in [-0.05, 0) is 18.3 Å². The number of hydrogen-bond acceptors (Lipinski definition) is 1. The van der Waals surface area contributed by atoms with Crippen LogP contribution in [-0.2, 0) is 4.79 Å². The van der Waals surface area contributed by atoms with Gasteiger partial charge in [0.25, 0.3) is 0 Å². The zero-order valence-electron chi connectivity index (χ0n) is 14.6. The fourth-order valence-electron chi connectivity index (χ4n) is 2.39. The molecule has 0 saturated heterocycles. The first-order valence-corrected chi connectivity index (χ1v) is 8.68. The van der Waals surface area contributed by atoms with E-state index >= 15 is 0 Å². The molecule has 0 N–H and O–H groups in total. The van der Waals surface area contributed by atoms with Crippen molar-refractivity contribution in [2.75, 3.05) is 13.1 Å². The molecule has 1 amide bonds. The molecule has 0 heterocycles. The van der Waals surface area contributed by atoms with E-state index in [0.29, 0.717) is 12.3 Å². The Morgan fingerprint density at radius 1 is 0.800 bits per heavy atom. The van der Waals surface area contributed by atoms with Gasteiger partial charge in [-0.15, -0.1) is 0 Å². The van der Waals surface area contributed by atoms with Crippen LogP contribution in [-0.4, -0.2) is 23.9 Å². The van der Waals surface area contributed by atoms with E-state index in [-0.39, 0.29) is 5.41 Å². The summed E-state index contributed by atoms with van der Waals surface area (Å²) in [6, 6.07) is 0. The van der Waals surface area contributed by atoms with Crippen LogP contribution >= 0.6 is 0 Å². The van der Waals surface area contributed by atoms with Crippen LogP contribution in [0.4, 0.5) is 0 Å². The lowest BCUT2D eigenvalue weighted by Gasteiger charge is -2.27. The van der Waals surface area contributed by atoms with Crippen LogP contribution in [0.25, 0.3) is 0 Å². The van der Waals surface area contributed by atoms with Gasteiger partial charge in [-0.3, -0.25) is 4.79 Å². The lowest BCUT2D eigenvalue weighted by molar-refractivity contribution is -0.133. The van der Waals surface area contributed by atoms with Crippen LogP contribution in [0, 0.1) is 5.41 Å². The molecule has 0 aliphatic carbocycles. The first kappa shape index (κ1) is 19.5. The van der Waals surface area contributed by atoms with Crippen LogP contribution < -0.4 is 0 Å². The van der Waals surface area contributed by atoms with Crippen LogP contribution in [0.1, 0.15) is 92.4 Å². The van der Waals surface area contributed by atoms with E-state index in [4.69, 9.17) is 0 Å². The topological polar surface area (TPSA) is 20.3 Å². The molecule has 0 atom stereocenters. The Kier molecular flexibility index (Phi) is 10.9. The molecule has 0 bridgehead atoms. The summed E-state index contributed by atoms with van der Waals surface area (Å²) in [4.78, 5) is 14.5. The molecule has 0 radical (unpaired) electrons. The number of carbonyl (C=O) groups excluding carboxylic acids is 1. The van der Waals surface area contributed by atoms with Gasteiger partial charge in [-0.25, -0.2) is 0 Å². The zero-order chi connectivity index (χ0) is 15.4. The molecule has 0 aromatic rings. The SMILES string of the molecule is CCCCCCN(CCCCCC)C(=O)CC(C)(C)C. The van der Waals surface area contributed by atoms with E-state index in [1.54, 1.807) is 0 Å². The lowest BCUT2D eigenvalue weighted by atomic mass is 9.91. The zero-order valence-corrected chi connectivity index (χ0v) is 14.6. The van der Waals surface area contributed by atoms with Crippen molar-refractivity contribution in [1.82, 2.24) is 4.90 Å². The number of nitrogens with zero attached hydrogens (tertiary/aromatic N) is 1. The summed E-state index contributed by atoms with van der Waals surface area (Å²) in [5.41, 5.74) is 0.0994. The second-order valence-corrected chi connectivity index (χ2v) is 7.24. The van der Waals surface area contributed by atoms with Crippen molar-refractivity contribution >= 4 is 5.91 Å². The standard InChI is InChI=1S/C18H37NO/c1-6-8-10-12-14-19(15-13-11-9-7-2)17(20)16-18(3,4)5/h6-16H2,1-5H3. The Labute approximate surface area is 127 Å². The van der Waals surface area contributed by atoms with Gasteiger partial charge in [0.15, 0.2) is 0 Å². The molecular weight excluding hydrogens is 246 g/mol. The maximum atomic E-state index is 12.4. The third-order valence-corrected chi connectivity index (χ3v) is 3.60. The summed E-state index contributed by atoms with van der Waals surface area (Å²) in [5, 5.41) is 0. The Morgan fingerprint density at radius 3 is 1.60 bits per heavy atom. The maximum Gasteiger partial charge on any atom is 0.223 e. The average Bonchev–Trinajstić information content (AvgIpc) is 2.34. The van der Waals surface area contributed by atoms with Gasteiger partial charge >= 0.3 is 0 Å². The molecule has 0 unspecified atom stereocenters. The minimum absolute atomic E-state index is 0.0994. The molecule has 0 aliphatic heterocycles. The van der Waals surface area contributed by atoms with Crippen LogP contribution in [0.2, 0.25) is 0 Å². The van der Waals surface area contributed by atoms with Crippen molar-refractivity contribution in [2.24, 2.45) is 5.41 Å². The van der Waals surface area contributed by atoms with Gasteiger partial charge in [0, 0.05) is 19.5 Å².